The highest BCUT2D eigenvalue weighted by Crippen LogP contribution is 2.24. The predicted octanol–water partition coefficient (Wildman–Crippen LogP) is 2.46. The summed E-state index contributed by atoms with van der Waals surface area (Å²) in [5, 5.41) is 0.527. The predicted molar refractivity (Wildman–Crippen MR) is 87.5 cm³/mol. The van der Waals surface area contributed by atoms with Gasteiger partial charge in [-0.3, -0.25) is 9.36 Å². The first-order valence-corrected chi connectivity index (χ1v) is 7.27. The minimum absolute atomic E-state index is 0.167. The largest absolute Gasteiger partial charge is 0.324 e. The maximum absolute atomic E-state index is 13.0. The second-order valence-corrected chi connectivity index (χ2v) is 5.71. The number of hydrogen-bond donors (Lipinski definition) is 1. The van der Waals surface area contributed by atoms with Gasteiger partial charge in [0, 0.05) is 24.8 Å². The van der Waals surface area contributed by atoms with Crippen molar-refractivity contribution in [3.8, 4) is 11.4 Å². The summed E-state index contributed by atoms with van der Waals surface area (Å²) >= 11 is 0. The molecule has 2 N–H and O–H groups in total. The molecule has 2 aromatic heterocycles. The van der Waals surface area contributed by atoms with Crippen LogP contribution in [0.5, 0.6) is 0 Å². The van der Waals surface area contributed by atoms with Gasteiger partial charge in [-0.05, 0) is 43.2 Å². The fourth-order valence-electron chi connectivity index (χ4n) is 2.67. The van der Waals surface area contributed by atoms with Crippen molar-refractivity contribution >= 4 is 10.9 Å². The van der Waals surface area contributed by atoms with Crippen molar-refractivity contribution in [1.82, 2.24) is 14.5 Å². The highest BCUT2D eigenvalue weighted by Gasteiger charge is 2.15. The Kier molecular flexibility index (Phi) is 3.69. The van der Waals surface area contributed by atoms with Crippen LogP contribution in [0.25, 0.3) is 22.3 Å². The Labute approximate surface area is 132 Å². The lowest BCUT2D eigenvalue weighted by molar-refractivity contribution is 0.584. The molecule has 5 nitrogen and oxygen atoms in total. The second-order valence-electron chi connectivity index (χ2n) is 5.71. The molecule has 23 heavy (non-hydrogen) atoms. The summed E-state index contributed by atoms with van der Waals surface area (Å²) in [6, 6.07) is 6.29. The monoisotopic (exact) mass is 312 g/mol. The van der Waals surface area contributed by atoms with Crippen LogP contribution in [-0.4, -0.2) is 14.5 Å². The molecule has 0 bridgehead atoms. The highest BCUT2D eigenvalue weighted by molar-refractivity contribution is 5.84. The quantitative estimate of drug-likeness (QED) is 0.738. The number of nitrogens with two attached hydrogens (primary N) is 1. The Morgan fingerprint density at radius 1 is 1.30 bits per heavy atom. The molecule has 0 aliphatic heterocycles. The van der Waals surface area contributed by atoms with Crippen molar-refractivity contribution in [2.75, 3.05) is 0 Å². The van der Waals surface area contributed by atoms with E-state index in [0.29, 0.717) is 22.3 Å². The van der Waals surface area contributed by atoms with Crippen LogP contribution in [-0.2, 0) is 7.05 Å². The van der Waals surface area contributed by atoms with E-state index in [1.54, 1.807) is 13.1 Å². The zero-order chi connectivity index (χ0) is 16.7. The number of halogens is 1. The molecule has 1 aromatic carbocycles. The van der Waals surface area contributed by atoms with Crippen LogP contribution in [0.3, 0.4) is 0 Å². The summed E-state index contributed by atoms with van der Waals surface area (Å²) in [5.74, 6) is -0.146. The van der Waals surface area contributed by atoms with Crippen molar-refractivity contribution < 1.29 is 4.39 Å². The normalized spacial score (nSPS) is 12.6. The number of fused-ring (bicyclic) bond motifs is 1. The van der Waals surface area contributed by atoms with Gasteiger partial charge in [-0.2, -0.15) is 4.39 Å². The Morgan fingerprint density at radius 2 is 2.04 bits per heavy atom. The van der Waals surface area contributed by atoms with Gasteiger partial charge in [0.2, 0.25) is 5.95 Å². The zero-order valence-electron chi connectivity index (χ0n) is 13.2. The molecule has 0 aliphatic rings. The summed E-state index contributed by atoms with van der Waals surface area (Å²) in [4.78, 5) is 21.0. The van der Waals surface area contributed by atoms with E-state index in [4.69, 9.17) is 5.73 Å². The lowest BCUT2D eigenvalue weighted by Crippen LogP contribution is -2.22. The van der Waals surface area contributed by atoms with Crippen LogP contribution in [0.4, 0.5) is 4.39 Å². The van der Waals surface area contributed by atoms with Gasteiger partial charge < -0.3 is 5.73 Å². The first kappa shape index (κ1) is 15.3. The molecule has 118 valence electrons. The standard InChI is InChI=1S/C17H17FN4O/c1-9-6-12(10(2)19)15-13(7-9)17(23)22(3)16(21-15)11-4-5-14(18)20-8-11/h4-8,10H,19H2,1-3H3. The fraction of sp³-hybridized carbons (Fsp3) is 0.235. The van der Waals surface area contributed by atoms with Crippen LogP contribution >= 0.6 is 0 Å². The Hall–Kier alpha value is -2.60. The molecule has 0 amide bonds. The third kappa shape index (κ3) is 2.61. The third-order valence-electron chi connectivity index (χ3n) is 3.83. The van der Waals surface area contributed by atoms with Gasteiger partial charge in [0.1, 0.15) is 5.82 Å². The molecule has 3 aromatic rings. The number of benzene rings is 1. The number of aryl methyl sites for hydroxylation is 1. The van der Waals surface area contributed by atoms with E-state index in [1.165, 1.54) is 16.8 Å². The molecule has 1 unspecified atom stereocenters. The molecule has 6 heteroatoms. The van der Waals surface area contributed by atoms with Gasteiger partial charge in [0.05, 0.1) is 10.9 Å². The Morgan fingerprint density at radius 3 is 2.65 bits per heavy atom. The van der Waals surface area contributed by atoms with Crippen molar-refractivity contribution in [3.05, 3.63) is 57.9 Å². The summed E-state index contributed by atoms with van der Waals surface area (Å²) in [6.07, 6.45) is 1.36. The van der Waals surface area contributed by atoms with Gasteiger partial charge in [0.15, 0.2) is 0 Å². The smallest absolute Gasteiger partial charge is 0.261 e. The lowest BCUT2D eigenvalue weighted by Gasteiger charge is -2.14. The lowest BCUT2D eigenvalue weighted by atomic mass is 10.0. The number of hydrogen-bond acceptors (Lipinski definition) is 4. The van der Waals surface area contributed by atoms with E-state index in [1.807, 2.05) is 26.0 Å². The molecule has 0 saturated heterocycles. The zero-order valence-corrected chi connectivity index (χ0v) is 13.2. The molecule has 3 rings (SSSR count). The van der Waals surface area contributed by atoms with Gasteiger partial charge in [-0.25, -0.2) is 9.97 Å². The molecular weight excluding hydrogens is 295 g/mol. The fourth-order valence-corrected chi connectivity index (χ4v) is 2.67. The number of rotatable bonds is 2. The molecule has 2 heterocycles. The number of nitrogens with zero attached hydrogens (tertiary/aromatic N) is 3. The Bertz CT molecular complexity index is 945. The molecular formula is C17H17FN4O. The molecule has 0 fully saturated rings. The third-order valence-corrected chi connectivity index (χ3v) is 3.83. The van der Waals surface area contributed by atoms with Crippen molar-refractivity contribution in [1.29, 1.82) is 0 Å². The van der Waals surface area contributed by atoms with E-state index in [0.717, 1.165) is 11.1 Å². The second kappa shape index (κ2) is 5.55. The first-order valence-electron chi connectivity index (χ1n) is 7.27. The average molecular weight is 312 g/mol. The minimum Gasteiger partial charge on any atom is -0.324 e. The van der Waals surface area contributed by atoms with Crippen molar-refractivity contribution in [3.63, 3.8) is 0 Å². The SMILES string of the molecule is Cc1cc(C(C)N)c2nc(-c3ccc(F)nc3)n(C)c(=O)c2c1. The van der Waals surface area contributed by atoms with Gasteiger partial charge in [0.25, 0.3) is 5.56 Å². The van der Waals surface area contributed by atoms with E-state index in [2.05, 4.69) is 9.97 Å². The van der Waals surface area contributed by atoms with Crippen LogP contribution in [0.15, 0.2) is 35.3 Å². The van der Waals surface area contributed by atoms with Crippen LogP contribution in [0, 0.1) is 12.9 Å². The number of pyridine rings is 1. The van der Waals surface area contributed by atoms with E-state index < -0.39 is 5.95 Å². The molecule has 0 aliphatic carbocycles. The summed E-state index contributed by atoms with van der Waals surface area (Å²) in [7, 11) is 1.64. The number of aromatic nitrogens is 3. The van der Waals surface area contributed by atoms with Crippen molar-refractivity contribution in [2.24, 2.45) is 12.8 Å². The van der Waals surface area contributed by atoms with Crippen molar-refractivity contribution in [2.45, 2.75) is 19.9 Å². The van der Waals surface area contributed by atoms with Gasteiger partial charge in [-0.1, -0.05) is 6.07 Å². The summed E-state index contributed by atoms with van der Waals surface area (Å²) in [5.41, 5.74) is 8.79. The molecule has 0 radical (unpaired) electrons. The van der Waals surface area contributed by atoms with Gasteiger partial charge >= 0.3 is 0 Å². The van der Waals surface area contributed by atoms with E-state index in [9.17, 15) is 9.18 Å². The van der Waals surface area contributed by atoms with E-state index in [-0.39, 0.29) is 11.6 Å². The van der Waals surface area contributed by atoms with E-state index >= 15 is 0 Å². The summed E-state index contributed by atoms with van der Waals surface area (Å²) in [6.45, 7) is 3.77. The highest BCUT2D eigenvalue weighted by atomic mass is 19.1. The topological polar surface area (TPSA) is 73.8 Å². The molecule has 1 atom stereocenters. The minimum atomic E-state index is -0.577. The first-order chi connectivity index (χ1) is 10.9. The van der Waals surface area contributed by atoms with Crippen LogP contribution < -0.4 is 11.3 Å². The maximum atomic E-state index is 13.0. The van der Waals surface area contributed by atoms with Crippen LogP contribution in [0.2, 0.25) is 0 Å². The maximum Gasteiger partial charge on any atom is 0.261 e. The Balaban J connectivity index is 2.39. The average Bonchev–Trinajstić information content (AvgIpc) is 2.51. The van der Waals surface area contributed by atoms with Crippen LogP contribution in [0.1, 0.15) is 24.1 Å². The summed E-state index contributed by atoms with van der Waals surface area (Å²) < 4.78 is 14.5. The van der Waals surface area contributed by atoms with Gasteiger partial charge in [-0.15, -0.1) is 0 Å². The molecule has 0 spiro atoms. The molecule has 0 saturated carbocycles.